The molecule has 3 aliphatic rings. The first kappa shape index (κ1) is 35.8. The van der Waals surface area contributed by atoms with E-state index in [1.807, 2.05) is 68.4 Å². The lowest BCUT2D eigenvalue weighted by atomic mass is 9.70. The van der Waals surface area contributed by atoms with Crippen molar-refractivity contribution in [1.82, 2.24) is 4.90 Å². The minimum Gasteiger partial charge on any atom is -0.394 e. The van der Waals surface area contributed by atoms with Gasteiger partial charge in [0.15, 0.2) is 0 Å². The van der Waals surface area contributed by atoms with Crippen molar-refractivity contribution in [1.29, 1.82) is 0 Å². The maximum Gasteiger partial charge on any atom is 0.253 e. The molecule has 0 aliphatic carbocycles. The lowest BCUT2D eigenvalue weighted by molar-refractivity contribution is -0.145. The minimum atomic E-state index is -1.27. The fourth-order valence-electron chi connectivity index (χ4n) is 8.07. The van der Waals surface area contributed by atoms with Crippen LogP contribution in [0.25, 0.3) is 0 Å². The van der Waals surface area contributed by atoms with Gasteiger partial charge in [0.1, 0.15) is 11.6 Å². The summed E-state index contributed by atoms with van der Waals surface area (Å²) >= 11 is 3.80. The van der Waals surface area contributed by atoms with Crippen LogP contribution in [-0.2, 0) is 19.1 Å². The van der Waals surface area contributed by atoms with Gasteiger partial charge in [-0.05, 0) is 62.6 Å². The Balaban J connectivity index is 1.62. The second-order valence-electron chi connectivity index (χ2n) is 13.0. The predicted molar refractivity (Wildman–Crippen MR) is 194 cm³/mol. The van der Waals surface area contributed by atoms with Crippen LogP contribution >= 0.6 is 15.9 Å². The number of amides is 3. The Morgan fingerprint density at radius 2 is 1.54 bits per heavy atom. The van der Waals surface area contributed by atoms with Crippen molar-refractivity contribution in [3.63, 3.8) is 0 Å². The summed E-state index contributed by atoms with van der Waals surface area (Å²) in [4.78, 5) is 51.4. The molecule has 2 aromatic rings. The van der Waals surface area contributed by atoms with Crippen molar-refractivity contribution in [2.75, 3.05) is 47.5 Å². The Bertz CT molecular complexity index is 1480. The van der Waals surface area contributed by atoms with Crippen molar-refractivity contribution in [3.05, 3.63) is 79.9 Å². The number of rotatable bonds is 15. The first-order valence-corrected chi connectivity index (χ1v) is 18.0. The SMILES string of the molecule is C=CCN(C(=O)C1N([C@@H](CO)[C@@H](C)CC)C(=O)[C@@H]2[C@H](C(=O)N(CC=C)c3ccccc3)[C@H]3OC12CC3Br)c1ccc(N(CC)CC)cc1. The molecule has 1 N–H and O–H groups in total. The maximum atomic E-state index is 15.1. The number of fused-ring (bicyclic) bond motifs is 1. The summed E-state index contributed by atoms with van der Waals surface area (Å²) in [5.74, 6) is -2.74. The number of carbonyl (C=O) groups excluding carboxylic acids is 3. The molecule has 3 aliphatic heterocycles. The van der Waals surface area contributed by atoms with Crippen LogP contribution in [-0.4, -0.2) is 89.1 Å². The normalized spacial score (nSPS) is 26.9. The van der Waals surface area contributed by atoms with Crippen LogP contribution in [0.1, 0.15) is 40.5 Å². The number of ether oxygens (including phenoxy) is 1. The molecule has 0 saturated carbocycles. The van der Waals surface area contributed by atoms with Crippen molar-refractivity contribution in [2.45, 2.75) is 69.2 Å². The van der Waals surface area contributed by atoms with Gasteiger partial charge < -0.3 is 29.4 Å². The van der Waals surface area contributed by atoms with E-state index in [0.29, 0.717) is 24.2 Å². The molecule has 258 valence electrons. The number of para-hydroxylation sites is 1. The van der Waals surface area contributed by atoms with E-state index in [1.165, 1.54) is 0 Å². The average molecular weight is 722 g/mol. The number of likely N-dealkylation sites (tertiary alicyclic amines) is 1. The van der Waals surface area contributed by atoms with E-state index in [0.717, 1.165) is 18.8 Å². The fourth-order valence-corrected chi connectivity index (χ4v) is 9.01. The second kappa shape index (κ2) is 15.0. The van der Waals surface area contributed by atoms with Crippen molar-refractivity contribution in [3.8, 4) is 0 Å². The number of carbonyl (C=O) groups is 3. The number of aliphatic hydroxyl groups is 1. The van der Waals surface area contributed by atoms with Crippen LogP contribution in [0.4, 0.5) is 17.1 Å². The Labute approximate surface area is 293 Å². The summed E-state index contributed by atoms with van der Waals surface area (Å²) in [6.07, 6.45) is 3.78. The van der Waals surface area contributed by atoms with E-state index in [1.54, 1.807) is 26.9 Å². The average Bonchev–Trinajstić information content (AvgIpc) is 3.70. The monoisotopic (exact) mass is 720 g/mol. The molecule has 9 nitrogen and oxygen atoms in total. The number of alkyl halides is 1. The third-order valence-corrected chi connectivity index (χ3v) is 11.4. The van der Waals surface area contributed by atoms with Gasteiger partial charge in [-0.25, -0.2) is 0 Å². The Kier molecular flexibility index (Phi) is 11.2. The van der Waals surface area contributed by atoms with Crippen LogP contribution in [0.5, 0.6) is 0 Å². The molecule has 0 radical (unpaired) electrons. The highest BCUT2D eigenvalue weighted by molar-refractivity contribution is 9.09. The van der Waals surface area contributed by atoms with Gasteiger partial charge in [-0.15, -0.1) is 13.2 Å². The van der Waals surface area contributed by atoms with E-state index in [-0.39, 0.29) is 48.2 Å². The van der Waals surface area contributed by atoms with Gasteiger partial charge in [0, 0.05) is 48.1 Å². The highest BCUT2D eigenvalue weighted by atomic mass is 79.9. The van der Waals surface area contributed by atoms with Crippen LogP contribution in [0, 0.1) is 17.8 Å². The van der Waals surface area contributed by atoms with Crippen LogP contribution in [0.2, 0.25) is 0 Å². The smallest absolute Gasteiger partial charge is 0.253 e. The summed E-state index contributed by atoms with van der Waals surface area (Å²) in [5.41, 5.74) is 1.14. The van der Waals surface area contributed by atoms with Crippen molar-refractivity contribution in [2.24, 2.45) is 17.8 Å². The first-order valence-electron chi connectivity index (χ1n) is 17.1. The molecular formula is C38H49BrN4O5. The lowest BCUT2D eigenvalue weighted by Gasteiger charge is -2.41. The zero-order chi connectivity index (χ0) is 34.7. The summed E-state index contributed by atoms with van der Waals surface area (Å²) in [6.45, 7) is 17.8. The third-order valence-electron chi connectivity index (χ3n) is 10.6. The quantitative estimate of drug-likeness (QED) is 0.195. The summed E-state index contributed by atoms with van der Waals surface area (Å²) in [6, 6.07) is 15.5. The molecular weight excluding hydrogens is 672 g/mol. The number of benzene rings is 2. The number of halogens is 1. The molecule has 3 saturated heterocycles. The molecule has 3 amide bonds. The van der Waals surface area contributed by atoms with Crippen LogP contribution in [0.15, 0.2) is 79.9 Å². The van der Waals surface area contributed by atoms with Gasteiger partial charge in [-0.1, -0.05) is 66.5 Å². The van der Waals surface area contributed by atoms with Gasteiger partial charge in [0.2, 0.25) is 11.8 Å². The number of aliphatic hydroxyl groups excluding tert-OH is 1. The third kappa shape index (κ3) is 6.00. The van der Waals surface area contributed by atoms with E-state index in [9.17, 15) is 14.7 Å². The second-order valence-corrected chi connectivity index (χ2v) is 14.2. The zero-order valence-corrected chi connectivity index (χ0v) is 30.1. The molecule has 0 aromatic heterocycles. The van der Waals surface area contributed by atoms with E-state index >= 15 is 4.79 Å². The molecule has 48 heavy (non-hydrogen) atoms. The molecule has 8 atom stereocenters. The summed E-state index contributed by atoms with van der Waals surface area (Å²) in [5, 5.41) is 10.8. The number of nitrogens with zero attached hydrogens (tertiary/aromatic N) is 4. The molecule has 2 bridgehead atoms. The van der Waals surface area contributed by atoms with Gasteiger partial charge >= 0.3 is 0 Å². The maximum absolute atomic E-state index is 15.1. The molecule has 5 rings (SSSR count). The number of anilines is 3. The Morgan fingerprint density at radius 3 is 2.08 bits per heavy atom. The van der Waals surface area contributed by atoms with Gasteiger partial charge in [0.25, 0.3) is 5.91 Å². The van der Waals surface area contributed by atoms with Crippen LogP contribution in [0.3, 0.4) is 0 Å². The summed E-state index contributed by atoms with van der Waals surface area (Å²) < 4.78 is 6.84. The highest BCUT2D eigenvalue weighted by Crippen LogP contribution is 2.61. The first-order chi connectivity index (χ1) is 23.1. The molecule has 1 spiro atoms. The van der Waals surface area contributed by atoms with E-state index < -0.39 is 35.6 Å². The Morgan fingerprint density at radius 1 is 0.979 bits per heavy atom. The van der Waals surface area contributed by atoms with Crippen LogP contribution < -0.4 is 14.7 Å². The molecule has 3 fully saturated rings. The predicted octanol–water partition coefficient (Wildman–Crippen LogP) is 5.43. The topological polar surface area (TPSA) is 93.6 Å². The summed E-state index contributed by atoms with van der Waals surface area (Å²) in [7, 11) is 0. The van der Waals surface area contributed by atoms with Gasteiger partial charge in [0.05, 0.1) is 30.6 Å². The zero-order valence-electron chi connectivity index (χ0n) is 28.5. The largest absolute Gasteiger partial charge is 0.394 e. The number of hydrogen-bond acceptors (Lipinski definition) is 6. The molecule has 2 aromatic carbocycles. The number of hydrogen-bond donors (Lipinski definition) is 1. The van der Waals surface area contributed by atoms with E-state index in [2.05, 4.69) is 47.8 Å². The molecule has 10 heteroatoms. The van der Waals surface area contributed by atoms with Crippen molar-refractivity contribution >= 4 is 50.7 Å². The molecule has 3 heterocycles. The minimum absolute atomic E-state index is 0.113. The standard InChI is InChI=1S/C38H49BrN4O5/c1-7-21-41(27-15-13-12-14-16-27)35(45)31-32-36(46)43(30(24-44)25(6)9-3)34(38(32)23-29(39)33(31)48-38)37(47)42(22-8-2)28-19-17-26(18-20-28)40(10-4)11-5/h7-8,12-20,25,29-34,44H,1-2,9-11,21-24H2,3-6H3/t25-,29?,30-,31-,32-,33-,34?,38?/m0/s1. The highest BCUT2D eigenvalue weighted by Gasteiger charge is 2.77. The van der Waals surface area contributed by atoms with Crippen molar-refractivity contribution < 1.29 is 24.2 Å². The van der Waals surface area contributed by atoms with E-state index in [4.69, 9.17) is 4.74 Å². The lowest BCUT2D eigenvalue weighted by Crippen LogP contribution is -2.60. The van der Waals surface area contributed by atoms with Gasteiger partial charge in [-0.3, -0.25) is 14.4 Å². The van der Waals surface area contributed by atoms with Gasteiger partial charge in [-0.2, -0.15) is 0 Å². The fraction of sp³-hybridized carbons (Fsp3) is 0.500. The molecule has 3 unspecified atom stereocenters. The Hall–Kier alpha value is -3.47.